The van der Waals surface area contributed by atoms with Gasteiger partial charge in [0.15, 0.2) is 0 Å². The Kier molecular flexibility index (Phi) is 2.45. The number of hydrogen-bond acceptors (Lipinski definition) is 5. The second kappa shape index (κ2) is 3.51. The molecule has 7 heteroatoms. The highest BCUT2D eigenvalue weighted by Crippen LogP contribution is 2.38. The van der Waals surface area contributed by atoms with Crippen LogP contribution in [-0.4, -0.2) is 45.6 Å². The molecule has 0 bridgehead atoms. The van der Waals surface area contributed by atoms with E-state index in [4.69, 9.17) is 16.6 Å². The average Bonchev–Trinajstić information content (AvgIpc) is 2.25. The average molecular weight is 229 g/mol. The van der Waals surface area contributed by atoms with Gasteiger partial charge in [0.05, 0.1) is 0 Å². The molecule has 0 aliphatic carbocycles. The van der Waals surface area contributed by atoms with E-state index in [0.717, 1.165) is 0 Å². The van der Waals surface area contributed by atoms with Crippen LogP contribution in [0.1, 0.15) is 0 Å². The molecule has 0 aromatic rings. The molecule has 2 atom stereocenters. The lowest BCUT2D eigenvalue weighted by molar-refractivity contribution is -0.147. The Morgan fingerprint density at radius 1 is 1.67 bits per heavy atom. The van der Waals surface area contributed by atoms with E-state index in [-0.39, 0.29) is 23.5 Å². The first-order chi connectivity index (χ1) is 7.07. The van der Waals surface area contributed by atoms with Gasteiger partial charge in [0.1, 0.15) is 17.1 Å². The molecule has 5 N–H and O–H groups in total. The van der Waals surface area contributed by atoms with Gasteiger partial charge in [-0.2, -0.15) is 0 Å². The van der Waals surface area contributed by atoms with Gasteiger partial charge in [-0.05, 0) is 5.57 Å². The van der Waals surface area contributed by atoms with Crippen molar-refractivity contribution in [1.29, 1.82) is 0 Å². The molecule has 0 radical (unpaired) electrons. The predicted molar refractivity (Wildman–Crippen MR) is 54.8 cm³/mol. The van der Waals surface area contributed by atoms with Crippen LogP contribution in [0.3, 0.4) is 0 Å². The third kappa shape index (κ3) is 1.35. The number of carboxylic acids is 1. The van der Waals surface area contributed by atoms with Crippen molar-refractivity contribution in [3.63, 3.8) is 0 Å². The molecule has 2 aliphatic rings. The van der Waals surface area contributed by atoms with E-state index in [2.05, 4.69) is 0 Å². The van der Waals surface area contributed by atoms with Crippen molar-refractivity contribution in [2.45, 2.75) is 11.4 Å². The number of hydrogen-bond donors (Lipinski definition) is 3. The molecule has 0 aromatic carbocycles. The molecule has 0 aromatic heterocycles. The minimum absolute atomic E-state index is 0.0213. The smallest absolute Gasteiger partial charge is 0.352 e. The number of thioether (sulfide) groups is 1. The van der Waals surface area contributed by atoms with E-state index >= 15 is 0 Å². The summed E-state index contributed by atoms with van der Waals surface area (Å²) in [5, 5.41) is 8.77. The zero-order valence-electron chi connectivity index (χ0n) is 7.84. The highest BCUT2D eigenvalue weighted by Gasteiger charge is 2.51. The molecular formula is C8H11N3O3S. The van der Waals surface area contributed by atoms with Crippen molar-refractivity contribution in [3.8, 4) is 0 Å². The Morgan fingerprint density at radius 3 is 2.87 bits per heavy atom. The van der Waals surface area contributed by atoms with Crippen molar-refractivity contribution < 1.29 is 14.7 Å². The summed E-state index contributed by atoms with van der Waals surface area (Å²) < 4.78 is 0. The Hall–Kier alpha value is -1.05. The van der Waals surface area contributed by atoms with E-state index in [1.165, 1.54) is 16.7 Å². The van der Waals surface area contributed by atoms with Gasteiger partial charge in [-0.1, -0.05) is 0 Å². The second-order valence-corrected chi connectivity index (χ2v) is 4.50. The molecular weight excluding hydrogens is 218 g/mol. The molecule has 82 valence electrons. The number of amides is 1. The van der Waals surface area contributed by atoms with Gasteiger partial charge >= 0.3 is 5.97 Å². The summed E-state index contributed by atoms with van der Waals surface area (Å²) in [5.41, 5.74) is 11.6. The number of carboxylic acid groups (broad SMARTS) is 1. The lowest BCUT2D eigenvalue weighted by atomic mass is 10.0. The fraction of sp³-hybridized carbons (Fsp3) is 0.500. The van der Waals surface area contributed by atoms with Crippen molar-refractivity contribution >= 4 is 23.6 Å². The molecule has 0 unspecified atom stereocenters. The number of rotatable bonds is 2. The van der Waals surface area contributed by atoms with Crippen molar-refractivity contribution in [3.05, 3.63) is 11.3 Å². The summed E-state index contributed by atoms with van der Waals surface area (Å²) in [4.78, 5) is 23.7. The number of fused-ring (bicyclic) bond motifs is 1. The first-order valence-corrected chi connectivity index (χ1v) is 5.48. The van der Waals surface area contributed by atoms with E-state index in [1.807, 2.05) is 0 Å². The van der Waals surface area contributed by atoms with Gasteiger partial charge in [0.25, 0.3) is 0 Å². The van der Waals surface area contributed by atoms with Gasteiger partial charge < -0.3 is 16.6 Å². The standard InChI is InChI=1S/C8H11N3O3S/c9-1-3-2-15-7-4(10)6(12)11(7)5(3)8(13)14/h4,7H,1-2,9-10H2,(H,13,14)/t4-,7-/m1/s1. The van der Waals surface area contributed by atoms with Crippen LogP contribution in [-0.2, 0) is 9.59 Å². The number of β-lactam (4-membered cyclic amide) rings is 1. The van der Waals surface area contributed by atoms with E-state index < -0.39 is 12.0 Å². The maximum Gasteiger partial charge on any atom is 0.352 e. The Morgan fingerprint density at radius 2 is 2.33 bits per heavy atom. The largest absolute Gasteiger partial charge is 0.477 e. The van der Waals surface area contributed by atoms with Crippen molar-refractivity contribution in [1.82, 2.24) is 4.90 Å². The van der Waals surface area contributed by atoms with Crippen LogP contribution in [0.4, 0.5) is 0 Å². The molecule has 1 saturated heterocycles. The first kappa shape index (κ1) is 10.5. The Labute approximate surface area is 90.3 Å². The van der Waals surface area contributed by atoms with Crippen molar-refractivity contribution in [2.24, 2.45) is 11.5 Å². The van der Waals surface area contributed by atoms with E-state index in [1.54, 1.807) is 0 Å². The Balaban J connectivity index is 2.38. The predicted octanol–water partition coefficient (Wildman–Crippen LogP) is -1.47. The maximum absolute atomic E-state index is 11.4. The minimum atomic E-state index is -1.11. The van der Waals surface area contributed by atoms with E-state index in [0.29, 0.717) is 11.3 Å². The number of aliphatic carboxylic acids is 1. The molecule has 1 fully saturated rings. The quantitative estimate of drug-likeness (QED) is 0.498. The first-order valence-electron chi connectivity index (χ1n) is 4.43. The summed E-state index contributed by atoms with van der Waals surface area (Å²) >= 11 is 1.46. The van der Waals surface area contributed by atoms with Gasteiger partial charge in [0.2, 0.25) is 5.91 Å². The zero-order chi connectivity index (χ0) is 11.2. The van der Waals surface area contributed by atoms with Gasteiger partial charge in [-0.25, -0.2) is 4.79 Å². The minimum Gasteiger partial charge on any atom is -0.477 e. The lowest BCUT2D eigenvalue weighted by Crippen LogP contribution is -2.68. The normalized spacial score (nSPS) is 30.0. The van der Waals surface area contributed by atoms with Crippen LogP contribution in [0.15, 0.2) is 11.3 Å². The number of carbonyl (C=O) groups excluding carboxylic acids is 1. The number of nitrogens with zero attached hydrogens (tertiary/aromatic N) is 1. The molecule has 1 amide bonds. The third-order valence-corrected chi connectivity index (χ3v) is 3.90. The summed E-state index contributed by atoms with van der Waals surface area (Å²) in [6.07, 6.45) is 0. The van der Waals surface area contributed by atoms with Crippen LogP contribution in [0.25, 0.3) is 0 Å². The number of nitrogens with two attached hydrogens (primary N) is 2. The van der Waals surface area contributed by atoms with E-state index in [9.17, 15) is 9.59 Å². The zero-order valence-corrected chi connectivity index (χ0v) is 8.66. The molecule has 15 heavy (non-hydrogen) atoms. The van der Waals surface area contributed by atoms with Crippen molar-refractivity contribution in [2.75, 3.05) is 12.3 Å². The molecule has 2 rings (SSSR count). The SMILES string of the molecule is NCC1=C(C(=O)O)N2C(=O)[C@@H](N)[C@H]2SC1. The number of carbonyl (C=O) groups is 2. The fourth-order valence-electron chi connectivity index (χ4n) is 1.74. The van der Waals surface area contributed by atoms with Crippen LogP contribution in [0.5, 0.6) is 0 Å². The van der Waals surface area contributed by atoms with Gasteiger partial charge in [-0.3, -0.25) is 9.69 Å². The monoisotopic (exact) mass is 229 g/mol. The topological polar surface area (TPSA) is 110 Å². The molecule has 0 spiro atoms. The van der Waals surface area contributed by atoms with Crippen LogP contribution in [0.2, 0.25) is 0 Å². The van der Waals surface area contributed by atoms with Crippen LogP contribution >= 0.6 is 11.8 Å². The molecule has 2 aliphatic heterocycles. The molecule has 6 nitrogen and oxygen atoms in total. The highest BCUT2D eigenvalue weighted by atomic mass is 32.2. The molecule has 2 heterocycles. The summed E-state index contributed by atoms with van der Waals surface area (Å²) in [6.45, 7) is 0.153. The third-order valence-electron chi connectivity index (χ3n) is 2.54. The fourth-order valence-corrected chi connectivity index (χ4v) is 3.05. The summed E-state index contributed by atoms with van der Waals surface area (Å²) in [5.74, 6) is -0.920. The Bertz CT molecular complexity index is 368. The summed E-state index contributed by atoms with van der Waals surface area (Å²) in [6, 6.07) is -0.580. The van der Waals surface area contributed by atoms with Crippen LogP contribution < -0.4 is 11.5 Å². The summed E-state index contributed by atoms with van der Waals surface area (Å²) in [7, 11) is 0. The van der Waals surface area contributed by atoms with Crippen LogP contribution in [0, 0.1) is 0 Å². The van der Waals surface area contributed by atoms with Gasteiger partial charge in [-0.15, -0.1) is 11.8 Å². The maximum atomic E-state index is 11.4. The molecule has 0 saturated carbocycles. The lowest BCUT2D eigenvalue weighted by Gasteiger charge is -2.47. The second-order valence-electron chi connectivity index (χ2n) is 3.40. The van der Waals surface area contributed by atoms with Gasteiger partial charge in [0, 0.05) is 12.3 Å². The highest BCUT2D eigenvalue weighted by molar-refractivity contribution is 8.00.